The molecule has 0 saturated carbocycles. The number of aromatic hydroxyl groups is 1. The fraction of sp³-hybridized carbons (Fsp3) is 0.400. The topological polar surface area (TPSA) is 185 Å². The van der Waals surface area contributed by atoms with Gasteiger partial charge in [0, 0.05) is 29.6 Å². The monoisotopic (exact) mass is 445 g/mol. The molecule has 1 aliphatic heterocycles. The normalized spacial score (nSPS) is 33.6. The molecule has 0 aromatic heterocycles. The van der Waals surface area contributed by atoms with Gasteiger partial charge in [0.2, 0.25) is 0 Å². The molecule has 1 fully saturated rings. The molecular formula is C20H22NaO10. The Hall–Kier alpha value is -1.60. The van der Waals surface area contributed by atoms with Gasteiger partial charge in [-0.1, -0.05) is 18.2 Å². The number of aliphatic hydroxyl groups is 6. The van der Waals surface area contributed by atoms with E-state index in [2.05, 4.69) is 0 Å². The van der Waals surface area contributed by atoms with Crippen molar-refractivity contribution in [3.05, 3.63) is 47.2 Å². The van der Waals surface area contributed by atoms with Crippen LogP contribution in [0.25, 0.3) is 6.08 Å². The molecule has 3 unspecified atom stereocenters. The number of carbonyl (C=O) groups excluding carboxylic acids is 2. The SMILES string of the molecule is O=C(C=Cc1ccc(O)cc1)C1=C(O)C(O)C(C2O[C@H](CO)[C@@H](O)[C@H](O)[C@H]2O)C1=O.[Na]. The van der Waals surface area contributed by atoms with Crippen molar-refractivity contribution < 1.29 is 50.1 Å². The van der Waals surface area contributed by atoms with Gasteiger partial charge in [0.1, 0.15) is 47.6 Å². The van der Waals surface area contributed by atoms with Crippen molar-refractivity contribution in [1.29, 1.82) is 0 Å². The minimum absolute atomic E-state index is 0. The molecule has 0 amide bonds. The van der Waals surface area contributed by atoms with E-state index in [1.54, 1.807) is 0 Å². The number of carbonyl (C=O) groups is 2. The summed E-state index contributed by atoms with van der Waals surface area (Å²) in [5.41, 5.74) is -0.169. The van der Waals surface area contributed by atoms with E-state index >= 15 is 0 Å². The molecule has 1 radical (unpaired) electrons. The zero-order valence-electron chi connectivity index (χ0n) is 16.6. The summed E-state index contributed by atoms with van der Waals surface area (Å²) >= 11 is 0. The number of phenolic OH excluding ortho intramolecular Hbond substituents is 1. The third kappa shape index (κ3) is 4.92. The quantitative estimate of drug-likeness (QED) is 0.149. The third-order valence-electron chi connectivity index (χ3n) is 5.28. The van der Waals surface area contributed by atoms with Crippen molar-refractivity contribution in [2.45, 2.75) is 36.6 Å². The number of ether oxygens (including phenoxy) is 1. The average molecular weight is 445 g/mol. The van der Waals surface area contributed by atoms with Crippen molar-refractivity contribution in [3.63, 3.8) is 0 Å². The number of hydrogen-bond acceptors (Lipinski definition) is 10. The predicted molar refractivity (Wildman–Crippen MR) is 106 cm³/mol. The molecule has 10 nitrogen and oxygen atoms in total. The smallest absolute Gasteiger partial charge is 0.192 e. The summed E-state index contributed by atoms with van der Waals surface area (Å²) in [6, 6.07) is 5.80. The van der Waals surface area contributed by atoms with E-state index in [1.807, 2.05) is 0 Å². The summed E-state index contributed by atoms with van der Waals surface area (Å²) < 4.78 is 5.29. The van der Waals surface area contributed by atoms with Crippen LogP contribution >= 0.6 is 0 Å². The number of rotatable bonds is 5. The van der Waals surface area contributed by atoms with Crippen molar-refractivity contribution >= 4 is 47.2 Å². The Kier molecular flexibility index (Phi) is 8.56. The van der Waals surface area contributed by atoms with Crippen LogP contribution < -0.4 is 0 Å². The number of hydrogen-bond donors (Lipinski definition) is 7. The van der Waals surface area contributed by atoms with E-state index in [1.165, 1.54) is 30.3 Å². The number of ketones is 2. The molecule has 31 heavy (non-hydrogen) atoms. The molecule has 1 aliphatic carbocycles. The minimum atomic E-state index is -1.89. The average Bonchev–Trinajstić information content (AvgIpc) is 2.95. The Morgan fingerprint density at radius 3 is 2.19 bits per heavy atom. The van der Waals surface area contributed by atoms with Crippen LogP contribution in [0.1, 0.15) is 5.56 Å². The van der Waals surface area contributed by atoms with Gasteiger partial charge in [0.15, 0.2) is 11.6 Å². The molecule has 1 aromatic rings. The summed E-state index contributed by atoms with van der Waals surface area (Å²) in [4.78, 5) is 25.3. The van der Waals surface area contributed by atoms with E-state index in [0.29, 0.717) is 5.56 Å². The summed E-state index contributed by atoms with van der Waals surface area (Å²) in [5.74, 6) is -4.42. The van der Waals surface area contributed by atoms with Gasteiger partial charge < -0.3 is 40.5 Å². The maximum Gasteiger partial charge on any atom is 0.192 e. The maximum absolute atomic E-state index is 12.8. The third-order valence-corrected chi connectivity index (χ3v) is 5.28. The van der Waals surface area contributed by atoms with E-state index in [9.17, 15) is 45.3 Å². The first-order valence-corrected chi connectivity index (χ1v) is 9.14. The zero-order chi connectivity index (χ0) is 22.2. The second-order valence-electron chi connectivity index (χ2n) is 7.18. The molecule has 7 N–H and O–H groups in total. The summed E-state index contributed by atoms with van der Waals surface area (Å²) in [7, 11) is 0. The van der Waals surface area contributed by atoms with Gasteiger partial charge in [-0.05, 0) is 23.8 Å². The van der Waals surface area contributed by atoms with Gasteiger partial charge in [0.25, 0.3) is 0 Å². The predicted octanol–water partition coefficient (Wildman–Crippen LogP) is -2.19. The van der Waals surface area contributed by atoms with Gasteiger partial charge in [-0.3, -0.25) is 9.59 Å². The Labute approximate surface area is 199 Å². The number of phenols is 1. The van der Waals surface area contributed by atoms with Crippen LogP contribution in [0, 0.1) is 5.92 Å². The second kappa shape index (κ2) is 10.3. The summed E-state index contributed by atoms with van der Waals surface area (Å²) in [6.07, 6.45) is -7.72. The van der Waals surface area contributed by atoms with Gasteiger partial charge in [-0.2, -0.15) is 0 Å². The Morgan fingerprint density at radius 1 is 1.00 bits per heavy atom. The van der Waals surface area contributed by atoms with Crippen LogP contribution in [0.15, 0.2) is 41.7 Å². The first-order valence-electron chi connectivity index (χ1n) is 9.14. The van der Waals surface area contributed by atoms with Crippen LogP contribution in [-0.4, -0.2) is 120 Å². The van der Waals surface area contributed by atoms with Crippen LogP contribution in [0.3, 0.4) is 0 Å². The zero-order valence-corrected chi connectivity index (χ0v) is 18.6. The maximum atomic E-state index is 12.8. The van der Waals surface area contributed by atoms with Gasteiger partial charge >= 0.3 is 0 Å². The Balaban J connectivity index is 0.00000341. The van der Waals surface area contributed by atoms with Crippen LogP contribution in [0.5, 0.6) is 5.75 Å². The molecule has 0 spiro atoms. The van der Waals surface area contributed by atoms with Crippen LogP contribution in [0.4, 0.5) is 0 Å². The molecule has 0 bridgehead atoms. The number of benzene rings is 1. The van der Waals surface area contributed by atoms with Crippen molar-refractivity contribution in [2.75, 3.05) is 6.61 Å². The first kappa shape index (κ1) is 25.7. The number of Topliss-reactive ketones (excluding diaryl/α,β-unsaturated/α-hetero) is 1. The molecule has 1 saturated heterocycles. The van der Waals surface area contributed by atoms with Gasteiger partial charge in [0.05, 0.1) is 18.6 Å². The largest absolute Gasteiger partial charge is 0.509 e. The fourth-order valence-corrected chi connectivity index (χ4v) is 3.60. The van der Waals surface area contributed by atoms with Crippen molar-refractivity contribution in [2.24, 2.45) is 5.92 Å². The molecular weight excluding hydrogens is 423 g/mol. The summed E-state index contributed by atoms with van der Waals surface area (Å²) in [5, 5.41) is 69.0. The molecule has 11 heteroatoms. The van der Waals surface area contributed by atoms with E-state index < -0.39 is 72.0 Å². The van der Waals surface area contributed by atoms with Crippen LogP contribution in [-0.2, 0) is 14.3 Å². The molecule has 163 valence electrons. The molecule has 1 aromatic carbocycles. The molecule has 3 rings (SSSR count). The van der Waals surface area contributed by atoms with E-state index in [-0.39, 0.29) is 35.3 Å². The van der Waals surface area contributed by atoms with Crippen molar-refractivity contribution in [3.8, 4) is 5.75 Å². The molecule has 1 heterocycles. The van der Waals surface area contributed by atoms with Gasteiger partial charge in [-0.25, -0.2) is 0 Å². The van der Waals surface area contributed by atoms with Crippen LogP contribution in [0.2, 0.25) is 0 Å². The minimum Gasteiger partial charge on any atom is -0.509 e. The Morgan fingerprint density at radius 2 is 1.61 bits per heavy atom. The standard InChI is InChI=1S/C20H22O10.Na/c21-7-11-14(24)18(28)19(29)20(30-11)13-15(25)12(16(26)17(13)27)10(23)6-3-8-1-4-9(22)5-2-8;/h1-6,11,13-14,17-22,24,26-29H,7H2;/t11-,13?,14-,17?,18+,19-,20?;/m1./s1. The number of aliphatic hydroxyl groups excluding tert-OH is 6. The molecule has 7 atom stereocenters. The second-order valence-corrected chi connectivity index (χ2v) is 7.18. The van der Waals surface area contributed by atoms with E-state index in [4.69, 9.17) is 4.74 Å². The molecule has 2 aliphatic rings. The Bertz CT molecular complexity index is 878. The summed E-state index contributed by atoms with van der Waals surface area (Å²) in [6.45, 7) is -0.737. The van der Waals surface area contributed by atoms with Crippen molar-refractivity contribution in [1.82, 2.24) is 0 Å². The fourth-order valence-electron chi connectivity index (χ4n) is 3.60. The van der Waals surface area contributed by atoms with E-state index in [0.717, 1.165) is 6.08 Å². The van der Waals surface area contributed by atoms with Gasteiger partial charge in [-0.15, -0.1) is 0 Å². The number of allylic oxidation sites excluding steroid dienone is 2. The first-order chi connectivity index (χ1) is 14.2.